The zero-order valence-corrected chi connectivity index (χ0v) is 19.7. The molecule has 3 aliphatic heterocycles. The van der Waals surface area contributed by atoms with Crippen molar-refractivity contribution in [3.8, 4) is 0 Å². The monoisotopic (exact) mass is 468 g/mol. The number of rotatable bonds is 2. The predicted molar refractivity (Wildman–Crippen MR) is 133 cm³/mol. The van der Waals surface area contributed by atoms with Crippen LogP contribution in [0.4, 0.5) is 4.39 Å². The van der Waals surface area contributed by atoms with Gasteiger partial charge in [0.1, 0.15) is 5.82 Å². The van der Waals surface area contributed by atoms with Crippen molar-refractivity contribution >= 4 is 44.8 Å². The number of amides is 2. The molecule has 3 aliphatic rings. The molecule has 35 heavy (non-hydrogen) atoms. The van der Waals surface area contributed by atoms with Crippen molar-refractivity contribution in [1.29, 1.82) is 0 Å². The van der Waals surface area contributed by atoms with Crippen molar-refractivity contribution in [3.05, 3.63) is 70.8 Å². The van der Waals surface area contributed by atoms with Gasteiger partial charge in [-0.25, -0.2) is 4.39 Å². The van der Waals surface area contributed by atoms with E-state index in [4.69, 9.17) is 0 Å². The third kappa shape index (κ3) is 2.79. The fraction of sp³-hybridized carbons (Fsp3) is 0.286. The first-order valence-electron chi connectivity index (χ1n) is 12.1. The highest BCUT2D eigenvalue weighted by molar-refractivity contribution is 6.50. The Balaban J connectivity index is 1.55. The standard InChI is InChI=1S/C28H25FN4O2/c1-28(2)6-9-33-14-20(19-11-16(29)12-21(28)25(19)33)23-22(26(34)31-27(23)35)17-4-3-15-13-30-7-10-32-8-5-18(17)24(15)32/h3-5,8,11-12,14,30H,6-7,9-10,13H2,1-2H3,(H,31,34,35). The van der Waals surface area contributed by atoms with E-state index in [9.17, 15) is 14.0 Å². The molecule has 2 aromatic carbocycles. The van der Waals surface area contributed by atoms with Crippen LogP contribution in [0, 0.1) is 5.82 Å². The van der Waals surface area contributed by atoms with E-state index >= 15 is 0 Å². The third-order valence-electron chi connectivity index (χ3n) is 7.97. The number of carbonyl (C=O) groups excluding carboxylic acids is 2. The molecule has 7 heteroatoms. The average Bonchev–Trinajstić information content (AvgIpc) is 3.42. The van der Waals surface area contributed by atoms with Crippen LogP contribution in [-0.4, -0.2) is 27.5 Å². The second kappa shape index (κ2) is 6.92. The number of hydrogen-bond acceptors (Lipinski definition) is 3. The zero-order chi connectivity index (χ0) is 24.1. The van der Waals surface area contributed by atoms with E-state index in [0.717, 1.165) is 65.7 Å². The quantitative estimate of drug-likeness (QED) is 0.436. The van der Waals surface area contributed by atoms with Gasteiger partial charge in [-0.15, -0.1) is 0 Å². The summed E-state index contributed by atoms with van der Waals surface area (Å²) in [5.74, 6) is -1.17. The molecular weight excluding hydrogens is 443 g/mol. The third-order valence-corrected chi connectivity index (χ3v) is 7.97. The molecule has 5 heterocycles. The van der Waals surface area contributed by atoms with Gasteiger partial charge < -0.3 is 14.5 Å². The number of nitrogens with one attached hydrogen (secondary N) is 2. The molecule has 4 aromatic rings. The summed E-state index contributed by atoms with van der Waals surface area (Å²) in [5.41, 5.74) is 5.98. The van der Waals surface area contributed by atoms with Crippen molar-refractivity contribution in [2.45, 2.75) is 45.3 Å². The van der Waals surface area contributed by atoms with Gasteiger partial charge in [0, 0.05) is 54.9 Å². The molecule has 2 N–H and O–H groups in total. The van der Waals surface area contributed by atoms with Gasteiger partial charge in [0.05, 0.1) is 22.2 Å². The van der Waals surface area contributed by atoms with E-state index in [-0.39, 0.29) is 11.2 Å². The Morgan fingerprint density at radius 3 is 2.54 bits per heavy atom. The first-order chi connectivity index (χ1) is 16.8. The fourth-order valence-corrected chi connectivity index (χ4v) is 6.17. The summed E-state index contributed by atoms with van der Waals surface area (Å²) in [6, 6.07) is 9.10. The molecule has 7 rings (SSSR count). The van der Waals surface area contributed by atoms with Crippen LogP contribution in [0.25, 0.3) is 33.0 Å². The van der Waals surface area contributed by atoms with Crippen LogP contribution in [0.1, 0.15) is 42.5 Å². The maximum Gasteiger partial charge on any atom is 0.259 e. The molecule has 6 nitrogen and oxygen atoms in total. The lowest BCUT2D eigenvalue weighted by Gasteiger charge is -2.31. The smallest absolute Gasteiger partial charge is 0.259 e. The van der Waals surface area contributed by atoms with Gasteiger partial charge in [0.25, 0.3) is 11.8 Å². The van der Waals surface area contributed by atoms with Gasteiger partial charge in [0.2, 0.25) is 0 Å². The van der Waals surface area contributed by atoms with Crippen LogP contribution >= 0.6 is 0 Å². The number of hydrogen-bond donors (Lipinski definition) is 2. The molecule has 0 aliphatic carbocycles. The van der Waals surface area contributed by atoms with Gasteiger partial charge >= 0.3 is 0 Å². The Labute approximate surface area is 201 Å². The summed E-state index contributed by atoms with van der Waals surface area (Å²) in [5, 5.41) is 7.57. The number of aromatic nitrogens is 2. The molecule has 2 amide bonds. The summed E-state index contributed by atoms with van der Waals surface area (Å²) < 4.78 is 19.2. The number of halogens is 1. The molecule has 0 radical (unpaired) electrons. The van der Waals surface area contributed by atoms with Crippen LogP contribution < -0.4 is 10.6 Å². The van der Waals surface area contributed by atoms with Gasteiger partial charge in [-0.05, 0) is 46.7 Å². The Kier molecular flexibility index (Phi) is 4.08. The number of carbonyl (C=O) groups is 2. The van der Waals surface area contributed by atoms with Crippen molar-refractivity contribution in [2.24, 2.45) is 0 Å². The largest absolute Gasteiger partial charge is 0.347 e. The molecule has 0 fully saturated rings. The molecule has 0 saturated heterocycles. The summed E-state index contributed by atoms with van der Waals surface area (Å²) >= 11 is 0. The molecule has 0 bridgehead atoms. The summed E-state index contributed by atoms with van der Waals surface area (Å²) in [7, 11) is 0. The first kappa shape index (κ1) is 20.6. The van der Waals surface area contributed by atoms with Crippen LogP contribution in [-0.2, 0) is 34.6 Å². The number of imide groups is 1. The minimum Gasteiger partial charge on any atom is -0.347 e. The molecule has 176 valence electrons. The second-order valence-corrected chi connectivity index (χ2v) is 10.5. The minimum atomic E-state index is -0.434. The van der Waals surface area contributed by atoms with Gasteiger partial charge in [-0.2, -0.15) is 0 Å². The van der Waals surface area contributed by atoms with Crippen molar-refractivity contribution in [1.82, 2.24) is 19.8 Å². The summed E-state index contributed by atoms with van der Waals surface area (Å²) in [6.45, 7) is 7.47. The van der Waals surface area contributed by atoms with E-state index in [2.05, 4.69) is 33.6 Å². The van der Waals surface area contributed by atoms with Crippen molar-refractivity contribution in [2.75, 3.05) is 6.54 Å². The Hall–Kier alpha value is -3.71. The molecule has 0 saturated carbocycles. The summed E-state index contributed by atoms with van der Waals surface area (Å²) in [6.07, 6.45) is 4.83. The molecular formula is C28H25FN4O2. The number of nitrogens with zero attached hydrogens (tertiary/aromatic N) is 2. The van der Waals surface area contributed by atoms with Gasteiger partial charge in [0.15, 0.2) is 0 Å². The molecule has 0 spiro atoms. The highest BCUT2D eigenvalue weighted by Crippen LogP contribution is 2.44. The fourth-order valence-electron chi connectivity index (χ4n) is 6.17. The van der Waals surface area contributed by atoms with Crippen molar-refractivity contribution in [3.63, 3.8) is 0 Å². The lowest BCUT2D eigenvalue weighted by molar-refractivity contribution is -0.122. The molecule has 0 unspecified atom stereocenters. The Morgan fingerprint density at radius 2 is 1.71 bits per heavy atom. The van der Waals surface area contributed by atoms with Gasteiger partial charge in [-0.1, -0.05) is 26.0 Å². The highest BCUT2D eigenvalue weighted by Gasteiger charge is 2.37. The van der Waals surface area contributed by atoms with E-state index < -0.39 is 11.8 Å². The SMILES string of the molecule is CC1(C)CCn2cc(C3=C(c4ccc5c6c4ccn6CCNC5)C(=O)NC3=O)c3cc(F)cc1c32. The zero-order valence-electron chi connectivity index (χ0n) is 19.7. The van der Waals surface area contributed by atoms with Crippen LogP contribution in [0.15, 0.2) is 42.7 Å². The average molecular weight is 469 g/mol. The first-order valence-corrected chi connectivity index (χ1v) is 12.1. The molecule has 0 atom stereocenters. The van der Waals surface area contributed by atoms with E-state index in [0.29, 0.717) is 22.1 Å². The van der Waals surface area contributed by atoms with Crippen molar-refractivity contribution < 1.29 is 14.0 Å². The minimum absolute atomic E-state index is 0.178. The van der Waals surface area contributed by atoms with Crippen LogP contribution in [0.5, 0.6) is 0 Å². The lowest BCUT2D eigenvalue weighted by atomic mass is 9.78. The van der Waals surface area contributed by atoms with E-state index in [1.54, 1.807) is 6.07 Å². The van der Waals surface area contributed by atoms with E-state index in [1.165, 1.54) is 6.07 Å². The maximum atomic E-state index is 14.9. The Bertz CT molecular complexity index is 1650. The predicted octanol–water partition coefficient (Wildman–Crippen LogP) is 4.09. The number of aryl methyl sites for hydroxylation is 1. The van der Waals surface area contributed by atoms with Crippen LogP contribution in [0.2, 0.25) is 0 Å². The lowest BCUT2D eigenvalue weighted by Crippen LogP contribution is -2.25. The Morgan fingerprint density at radius 1 is 0.914 bits per heavy atom. The normalized spacial score (nSPS) is 19.1. The van der Waals surface area contributed by atoms with Gasteiger partial charge in [-0.3, -0.25) is 14.9 Å². The highest BCUT2D eigenvalue weighted by atomic mass is 19.1. The van der Waals surface area contributed by atoms with Crippen LogP contribution in [0.3, 0.4) is 0 Å². The molecule has 2 aromatic heterocycles. The maximum absolute atomic E-state index is 14.9. The summed E-state index contributed by atoms with van der Waals surface area (Å²) in [4.78, 5) is 26.5. The topological polar surface area (TPSA) is 68.1 Å². The second-order valence-electron chi connectivity index (χ2n) is 10.5. The number of benzene rings is 2. The van der Waals surface area contributed by atoms with E-state index in [1.807, 2.05) is 30.6 Å².